The highest BCUT2D eigenvalue weighted by atomic mass is 32.1. The second-order valence-electron chi connectivity index (χ2n) is 2.15. The molecule has 0 fully saturated rings. The van der Waals surface area contributed by atoms with Crippen molar-refractivity contribution < 1.29 is 5.11 Å². The SMILES string of the molecule is OC(CCS)c1ccc[nH]1. The number of nitrogens with one attached hydrogen (secondary N) is 1. The van der Waals surface area contributed by atoms with Gasteiger partial charge in [0.15, 0.2) is 0 Å². The van der Waals surface area contributed by atoms with Gasteiger partial charge in [-0.3, -0.25) is 0 Å². The highest BCUT2D eigenvalue weighted by Gasteiger charge is 2.04. The van der Waals surface area contributed by atoms with Crippen LogP contribution in [0.4, 0.5) is 0 Å². The number of rotatable bonds is 3. The first-order valence-corrected chi connectivity index (χ1v) is 3.90. The molecule has 0 saturated carbocycles. The van der Waals surface area contributed by atoms with Crippen LogP contribution in [0.1, 0.15) is 18.2 Å². The third kappa shape index (κ3) is 1.78. The number of hydrogen-bond donors (Lipinski definition) is 3. The number of aromatic amines is 1. The monoisotopic (exact) mass is 157 g/mol. The van der Waals surface area contributed by atoms with E-state index in [1.807, 2.05) is 12.1 Å². The van der Waals surface area contributed by atoms with Crippen LogP contribution in [-0.4, -0.2) is 15.8 Å². The molecule has 2 nitrogen and oxygen atoms in total. The van der Waals surface area contributed by atoms with Gasteiger partial charge < -0.3 is 10.1 Å². The Balaban J connectivity index is 2.50. The summed E-state index contributed by atoms with van der Waals surface area (Å²) in [4.78, 5) is 2.94. The molecule has 3 heteroatoms. The normalized spacial score (nSPS) is 13.4. The Hall–Kier alpha value is -0.410. The Bertz CT molecular complexity index is 174. The molecular formula is C7H11NOS. The number of aliphatic hydroxyl groups excluding tert-OH is 1. The third-order valence-corrected chi connectivity index (χ3v) is 1.64. The zero-order chi connectivity index (χ0) is 7.40. The van der Waals surface area contributed by atoms with Crippen LogP contribution in [-0.2, 0) is 0 Å². The first kappa shape index (κ1) is 7.69. The van der Waals surface area contributed by atoms with Gasteiger partial charge in [-0.1, -0.05) is 0 Å². The van der Waals surface area contributed by atoms with Gasteiger partial charge in [0.25, 0.3) is 0 Å². The molecule has 2 N–H and O–H groups in total. The van der Waals surface area contributed by atoms with Crippen LogP contribution in [0.3, 0.4) is 0 Å². The van der Waals surface area contributed by atoms with Gasteiger partial charge >= 0.3 is 0 Å². The Labute approximate surface area is 65.7 Å². The van der Waals surface area contributed by atoms with E-state index < -0.39 is 0 Å². The van der Waals surface area contributed by atoms with E-state index in [2.05, 4.69) is 17.6 Å². The lowest BCUT2D eigenvalue weighted by Crippen LogP contribution is -1.97. The lowest BCUT2D eigenvalue weighted by Gasteiger charge is -2.04. The Morgan fingerprint density at radius 1 is 1.70 bits per heavy atom. The zero-order valence-electron chi connectivity index (χ0n) is 5.62. The summed E-state index contributed by atoms with van der Waals surface area (Å²) in [5.74, 6) is 0.709. The molecule has 0 aliphatic heterocycles. The van der Waals surface area contributed by atoms with Gasteiger partial charge in [0.1, 0.15) is 0 Å². The molecule has 0 spiro atoms. The molecule has 0 saturated heterocycles. The molecule has 0 aromatic carbocycles. The summed E-state index contributed by atoms with van der Waals surface area (Å²) in [7, 11) is 0. The van der Waals surface area contributed by atoms with E-state index in [0.717, 1.165) is 5.69 Å². The number of aromatic nitrogens is 1. The third-order valence-electron chi connectivity index (χ3n) is 1.38. The van der Waals surface area contributed by atoms with Crippen molar-refractivity contribution in [2.45, 2.75) is 12.5 Å². The van der Waals surface area contributed by atoms with Crippen LogP contribution in [0.2, 0.25) is 0 Å². The fourth-order valence-electron chi connectivity index (χ4n) is 0.829. The molecule has 56 valence electrons. The second-order valence-corrected chi connectivity index (χ2v) is 2.60. The average Bonchev–Trinajstić information content (AvgIpc) is 2.38. The van der Waals surface area contributed by atoms with Crippen molar-refractivity contribution in [2.75, 3.05) is 5.75 Å². The van der Waals surface area contributed by atoms with Gasteiger partial charge in [-0.15, -0.1) is 0 Å². The standard InChI is InChI=1S/C7H11NOS/c9-7(3-5-10)6-2-1-4-8-6/h1-2,4,7-10H,3,5H2. The van der Waals surface area contributed by atoms with E-state index in [-0.39, 0.29) is 6.10 Å². The Morgan fingerprint density at radius 2 is 2.50 bits per heavy atom. The summed E-state index contributed by atoms with van der Waals surface area (Å²) < 4.78 is 0. The molecule has 0 radical (unpaired) electrons. The fourth-order valence-corrected chi connectivity index (χ4v) is 1.07. The van der Waals surface area contributed by atoms with Crippen LogP contribution in [0.5, 0.6) is 0 Å². The number of thiol groups is 1. The van der Waals surface area contributed by atoms with E-state index in [1.54, 1.807) is 6.20 Å². The maximum atomic E-state index is 9.33. The summed E-state index contributed by atoms with van der Waals surface area (Å²) in [6, 6.07) is 3.74. The molecule has 10 heavy (non-hydrogen) atoms. The minimum atomic E-state index is -0.382. The first-order chi connectivity index (χ1) is 4.84. The van der Waals surface area contributed by atoms with E-state index in [4.69, 9.17) is 0 Å². The highest BCUT2D eigenvalue weighted by Crippen LogP contribution is 2.13. The van der Waals surface area contributed by atoms with E-state index in [1.165, 1.54) is 0 Å². The molecule has 0 bridgehead atoms. The van der Waals surface area contributed by atoms with Crippen molar-refractivity contribution in [2.24, 2.45) is 0 Å². The van der Waals surface area contributed by atoms with Gasteiger partial charge in [-0.25, -0.2) is 0 Å². The average molecular weight is 157 g/mol. The number of aliphatic hydroxyl groups is 1. The maximum absolute atomic E-state index is 9.33. The fraction of sp³-hybridized carbons (Fsp3) is 0.429. The van der Waals surface area contributed by atoms with Crippen LogP contribution >= 0.6 is 12.6 Å². The molecule has 0 aliphatic carbocycles. The van der Waals surface area contributed by atoms with Crippen molar-refractivity contribution in [1.82, 2.24) is 4.98 Å². The van der Waals surface area contributed by atoms with Gasteiger partial charge in [0.2, 0.25) is 0 Å². The molecular weight excluding hydrogens is 146 g/mol. The van der Waals surface area contributed by atoms with Crippen LogP contribution in [0.15, 0.2) is 18.3 Å². The van der Waals surface area contributed by atoms with Gasteiger partial charge in [0, 0.05) is 11.9 Å². The van der Waals surface area contributed by atoms with E-state index in [9.17, 15) is 5.11 Å². The van der Waals surface area contributed by atoms with E-state index in [0.29, 0.717) is 12.2 Å². The quantitative estimate of drug-likeness (QED) is 0.569. The van der Waals surface area contributed by atoms with Crippen molar-refractivity contribution in [3.63, 3.8) is 0 Å². The first-order valence-electron chi connectivity index (χ1n) is 3.27. The molecule has 1 rings (SSSR count). The lowest BCUT2D eigenvalue weighted by atomic mass is 10.2. The summed E-state index contributed by atoms with van der Waals surface area (Å²) >= 11 is 4.02. The Kier molecular flexibility index (Phi) is 2.83. The summed E-state index contributed by atoms with van der Waals surface area (Å²) in [6.45, 7) is 0. The van der Waals surface area contributed by atoms with E-state index >= 15 is 0 Å². The molecule has 0 aliphatic rings. The summed E-state index contributed by atoms with van der Waals surface area (Å²) in [6.07, 6.45) is 2.12. The van der Waals surface area contributed by atoms with Crippen molar-refractivity contribution in [1.29, 1.82) is 0 Å². The predicted octanol–water partition coefficient (Wildman–Crippen LogP) is 1.37. The van der Waals surface area contributed by atoms with Crippen LogP contribution in [0.25, 0.3) is 0 Å². The second kappa shape index (κ2) is 3.68. The smallest absolute Gasteiger partial charge is 0.0945 e. The van der Waals surface area contributed by atoms with Crippen molar-refractivity contribution in [3.8, 4) is 0 Å². The molecule has 1 aromatic heterocycles. The highest BCUT2D eigenvalue weighted by molar-refractivity contribution is 7.80. The summed E-state index contributed by atoms with van der Waals surface area (Å²) in [5, 5.41) is 9.33. The minimum absolute atomic E-state index is 0.382. The number of H-pyrrole nitrogens is 1. The van der Waals surface area contributed by atoms with Gasteiger partial charge in [0.05, 0.1) is 6.10 Å². The Morgan fingerprint density at radius 3 is 3.00 bits per heavy atom. The van der Waals surface area contributed by atoms with Crippen molar-refractivity contribution >= 4 is 12.6 Å². The van der Waals surface area contributed by atoms with Crippen LogP contribution < -0.4 is 0 Å². The zero-order valence-corrected chi connectivity index (χ0v) is 6.51. The lowest BCUT2D eigenvalue weighted by molar-refractivity contribution is 0.171. The molecule has 1 heterocycles. The predicted molar refractivity (Wildman–Crippen MR) is 44.2 cm³/mol. The molecule has 1 aromatic rings. The maximum Gasteiger partial charge on any atom is 0.0945 e. The minimum Gasteiger partial charge on any atom is -0.387 e. The van der Waals surface area contributed by atoms with Gasteiger partial charge in [-0.2, -0.15) is 12.6 Å². The largest absolute Gasteiger partial charge is 0.387 e. The molecule has 1 unspecified atom stereocenters. The van der Waals surface area contributed by atoms with Crippen LogP contribution in [0, 0.1) is 0 Å². The van der Waals surface area contributed by atoms with Crippen molar-refractivity contribution in [3.05, 3.63) is 24.0 Å². The molecule has 1 atom stereocenters. The summed E-state index contributed by atoms with van der Waals surface area (Å²) in [5.41, 5.74) is 0.869. The topological polar surface area (TPSA) is 36.0 Å². The molecule has 0 amide bonds. The number of hydrogen-bond acceptors (Lipinski definition) is 2. The van der Waals surface area contributed by atoms with Gasteiger partial charge in [-0.05, 0) is 24.3 Å².